The molecule has 9 heteroatoms. The summed E-state index contributed by atoms with van der Waals surface area (Å²) in [7, 11) is 6.10. The van der Waals surface area contributed by atoms with Gasteiger partial charge in [-0.15, -0.1) is 10.2 Å². The van der Waals surface area contributed by atoms with E-state index in [-0.39, 0.29) is 12.1 Å². The molecule has 1 aliphatic carbocycles. The van der Waals surface area contributed by atoms with Gasteiger partial charge in [-0.2, -0.15) is 9.97 Å². The molecule has 0 radical (unpaired) electrons. The highest BCUT2D eigenvalue weighted by Crippen LogP contribution is 2.37. The van der Waals surface area contributed by atoms with Crippen molar-refractivity contribution in [2.24, 2.45) is 7.05 Å². The standard InChI is InChI=1S/C17H28N8O/c1-10(2)26-15-8-13(20-17(18)21-15)19-12-6-11(7-12)16-23-22-14(25(16)5)9-24(3)4/h8,10-12H,6-7,9H2,1-5H3,(H3,18,19,20,21). The van der Waals surface area contributed by atoms with Crippen LogP contribution in [0.15, 0.2) is 6.07 Å². The molecule has 0 saturated heterocycles. The van der Waals surface area contributed by atoms with Gasteiger partial charge >= 0.3 is 0 Å². The molecule has 2 aromatic heterocycles. The summed E-state index contributed by atoms with van der Waals surface area (Å²) in [6.45, 7) is 4.69. The van der Waals surface area contributed by atoms with Crippen molar-refractivity contribution in [1.29, 1.82) is 0 Å². The van der Waals surface area contributed by atoms with Crippen molar-refractivity contribution in [3.8, 4) is 5.88 Å². The first-order valence-electron chi connectivity index (χ1n) is 8.92. The number of nitrogens with two attached hydrogens (primary N) is 1. The number of rotatable bonds is 7. The first-order valence-corrected chi connectivity index (χ1v) is 8.92. The molecule has 2 aromatic rings. The Morgan fingerprint density at radius 1 is 1.31 bits per heavy atom. The van der Waals surface area contributed by atoms with Crippen LogP contribution < -0.4 is 15.8 Å². The molecule has 0 unspecified atom stereocenters. The monoisotopic (exact) mass is 360 g/mol. The minimum absolute atomic E-state index is 0.0394. The van der Waals surface area contributed by atoms with Crippen molar-refractivity contribution in [3.63, 3.8) is 0 Å². The van der Waals surface area contributed by atoms with Crippen molar-refractivity contribution >= 4 is 11.8 Å². The fourth-order valence-corrected chi connectivity index (χ4v) is 3.13. The summed E-state index contributed by atoms with van der Waals surface area (Å²) >= 11 is 0. The number of nitrogens with one attached hydrogen (secondary N) is 1. The summed E-state index contributed by atoms with van der Waals surface area (Å²) in [6, 6.07) is 2.12. The largest absolute Gasteiger partial charge is 0.475 e. The molecule has 142 valence electrons. The third-order valence-corrected chi connectivity index (χ3v) is 4.39. The SMILES string of the molecule is CC(C)Oc1cc(NC2CC(c3nnc(CN(C)C)n3C)C2)nc(N)n1. The molecule has 0 atom stereocenters. The fraction of sp³-hybridized carbons (Fsp3) is 0.647. The Bertz CT molecular complexity index is 751. The van der Waals surface area contributed by atoms with Gasteiger partial charge in [-0.3, -0.25) is 0 Å². The second-order valence-corrected chi connectivity index (χ2v) is 7.40. The first kappa shape index (κ1) is 18.4. The highest BCUT2D eigenvalue weighted by atomic mass is 16.5. The molecule has 26 heavy (non-hydrogen) atoms. The third kappa shape index (κ3) is 4.21. The lowest BCUT2D eigenvalue weighted by molar-refractivity contribution is 0.232. The molecular formula is C17H28N8O. The van der Waals surface area contributed by atoms with Gasteiger partial charge in [0.05, 0.1) is 12.6 Å². The van der Waals surface area contributed by atoms with Gasteiger partial charge in [0.25, 0.3) is 0 Å². The molecule has 1 saturated carbocycles. The quantitative estimate of drug-likeness (QED) is 0.763. The zero-order valence-corrected chi connectivity index (χ0v) is 16.1. The van der Waals surface area contributed by atoms with E-state index < -0.39 is 0 Å². The number of ether oxygens (including phenoxy) is 1. The van der Waals surface area contributed by atoms with E-state index >= 15 is 0 Å². The van der Waals surface area contributed by atoms with Crippen molar-refractivity contribution in [1.82, 2.24) is 29.6 Å². The van der Waals surface area contributed by atoms with Gasteiger partial charge in [-0.1, -0.05) is 0 Å². The second kappa shape index (κ2) is 7.45. The lowest BCUT2D eigenvalue weighted by atomic mass is 9.79. The number of anilines is 2. The summed E-state index contributed by atoms with van der Waals surface area (Å²) in [5.41, 5.74) is 5.78. The van der Waals surface area contributed by atoms with Crippen molar-refractivity contribution in [2.45, 2.75) is 51.3 Å². The summed E-state index contributed by atoms with van der Waals surface area (Å²) in [5, 5.41) is 12.1. The predicted molar refractivity (Wildman–Crippen MR) is 100.0 cm³/mol. The van der Waals surface area contributed by atoms with E-state index in [1.807, 2.05) is 35.0 Å². The Morgan fingerprint density at radius 3 is 2.69 bits per heavy atom. The Labute approximate surface area is 154 Å². The maximum Gasteiger partial charge on any atom is 0.225 e. The third-order valence-electron chi connectivity index (χ3n) is 4.39. The van der Waals surface area contributed by atoms with E-state index in [0.717, 1.165) is 31.0 Å². The average Bonchev–Trinajstić information content (AvgIpc) is 2.81. The minimum atomic E-state index is 0.0394. The second-order valence-electron chi connectivity index (χ2n) is 7.40. The molecule has 9 nitrogen and oxygen atoms in total. The van der Waals surface area contributed by atoms with E-state index in [1.54, 1.807) is 6.07 Å². The highest BCUT2D eigenvalue weighted by molar-refractivity contribution is 5.44. The Hall–Kier alpha value is -2.42. The lowest BCUT2D eigenvalue weighted by Gasteiger charge is -2.35. The van der Waals surface area contributed by atoms with Crippen LogP contribution in [0.2, 0.25) is 0 Å². The lowest BCUT2D eigenvalue weighted by Crippen LogP contribution is -2.35. The van der Waals surface area contributed by atoms with Crippen LogP contribution in [0.4, 0.5) is 11.8 Å². The highest BCUT2D eigenvalue weighted by Gasteiger charge is 2.34. The van der Waals surface area contributed by atoms with Crippen molar-refractivity contribution < 1.29 is 4.74 Å². The smallest absolute Gasteiger partial charge is 0.225 e. The van der Waals surface area contributed by atoms with E-state index in [2.05, 4.69) is 34.9 Å². The van der Waals surface area contributed by atoms with Crippen molar-refractivity contribution in [2.75, 3.05) is 25.1 Å². The molecule has 0 amide bonds. The summed E-state index contributed by atoms with van der Waals surface area (Å²) in [6.07, 6.45) is 2.01. The van der Waals surface area contributed by atoms with Crippen LogP contribution in [-0.2, 0) is 13.6 Å². The zero-order valence-electron chi connectivity index (χ0n) is 16.1. The molecular weight excluding hydrogens is 332 g/mol. The molecule has 0 aromatic carbocycles. The number of nitrogens with zero attached hydrogens (tertiary/aromatic N) is 6. The molecule has 3 N–H and O–H groups in total. The Balaban J connectivity index is 1.59. The molecule has 0 aliphatic heterocycles. The maximum atomic E-state index is 5.78. The normalized spacial score (nSPS) is 19.7. The minimum Gasteiger partial charge on any atom is -0.475 e. The number of hydrogen-bond acceptors (Lipinski definition) is 8. The molecule has 1 aliphatic rings. The zero-order chi connectivity index (χ0) is 18.8. The van der Waals surface area contributed by atoms with E-state index in [4.69, 9.17) is 10.5 Å². The van der Waals surface area contributed by atoms with Gasteiger partial charge in [0.15, 0.2) is 0 Å². The fourth-order valence-electron chi connectivity index (χ4n) is 3.13. The van der Waals surface area contributed by atoms with Crippen molar-refractivity contribution in [3.05, 3.63) is 17.7 Å². The summed E-state index contributed by atoms with van der Waals surface area (Å²) in [4.78, 5) is 10.4. The van der Waals surface area contributed by atoms with Crippen LogP contribution in [-0.4, -0.2) is 55.9 Å². The van der Waals surface area contributed by atoms with Crippen LogP contribution in [0.25, 0.3) is 0 Å². The number of nitrogen functional groups attached to an aromatic ring is 1. The van der Waals surface area contributed by atoms with E-state index in [0.29, 0.717) is 23.7 Å². The predicted octanol–water partition coefficient (Wildman–Crippen LogP) is 1.39. The Kier molecular flexibility index (Phi) is 5.26. The van der Waals surface area contributed by atoms with E-state index in [1.165, 1.54) is 0 Å². The molecule has 1 fully saturated rings. The van der Waals surface area contributed by atoms with Gasteiger partial charge in [0.1, 0.15) is 17.5 Å². The summed E-state index contributed by atoms with van der Waals surface area (Å²) < 4.78 is 7.72. The Morgan fingerprint density at radius 2 is 2.04 bits per heavy atom. The number of aromatic nitrogens is 5. The van der Waals surface area contributed by atoms with Gasteiger partial charge < -0.3 is 25.3 Å². The molecule has 0 bridgehead atoms. The maximum absolute atomic E-state index is 5.78. The van der Waals surface area contributed by atoms with Gasteiger partial charge in [0.2, 0.25) is 11.8 Å². The average molecular weight is 360 g/mol. The molecule has 0 spiro atoms. The van der Waals surface area contributed by atoms with E-state index in [9.17, 15) is 0 Å². The first-order chi connectivity index (χ1) is 12.3. The number of hydrogen-bond donors (Lipinski definition) is 2. The van der Waals surface area contributed by atoms with Crippen LogP contribution in [0.3, 0.4) is 0 Å². The van der Waals surface area contributed by atoms with Gasteiger partial charge in [-0.25, -0.2) is 0 Å². The van der Waals surface area contributed by atoms with Crippen LogP contribution >= 0.6 is 0 Å². The summed E-state index contributed by atoms with van der Waals surface area (Å²) in [5.74, 6) is 3.84. The molecule has 3 rings (SSSR count). The van der Waals surface area contributed by atoms with Gasteiger partial charge in [0, 0.05) is 25.1 Å². The molecule has 2 heterocycles. The van der Waals surface area contributed by atoms with Crippen LogP contribution in [0.1, 0.15) is 44.3 Å². The van der Waals surface area contributed by atoms with Gasteiger partial charge in [-0.05, 0) is 40.8 Å². The van der Waals surface area contributed by atoms with Crippen LogP contribution in [0, 0.1) is 0 Å². The van der Waals surface area contributed by atoms with Crippen LogP contribution in [0.5, 0.6) is 5.88 Å². The topological polar surface area (TPSA) is 107 Å².